The van der Waals surface area contributed by atoms with Crippen molar-refractivity contribution in [3.05, 3.63) is 154 Å². The number of aliphatic hydroxyl groups is 2. The monoisotopic (exact) mass is 1070 g/mol. The molecule has 3 fully saturated rings. The quantitative estimate of drug-likeness (QED) is 0.0442. The average molecular weight is 1070 g/mol. The second-order valence-electron chi connectivity index (χ2n) is 20.2. The molecule has 1 saturated heterocycles. The van der Waals surface area contributed by atoms with E-state index in [2.05, 4.69) is 5.32 Å². The zero-order valence-electron chi connectivity index (χ0n) is 42.3. The number of carbonyl (C=O) groups is 7. The molecule has 402 valence electrons. The fourth-order valence-corrected chi connectivity index (χ4v) is 11.8. The van der Waals surface area contributed by atoms with Crippen molar-refractivity contribution in [2.24, 2.45) is 16.7 Å². The van der Waals surface area contributed by atoms with Crippen molar-refractivity contribution in [2.75, 3.05) is 6.61 Å². The number of phosphoric acid groups is 1. The lowest BCUT2D eigenvalue weighted by molar-refractivity contribution is -0.346. The van der Waals surface area contributed by atoms with E-state index < -0.39 is 133 Å². The highest BCUT2D eigenvalue weighted by Gasteiger charge is 2.78. The van der Waals surface area contributed by atoms with Gasteiger partial charge in [-0.1, -0.05) is 98.8 Å². The molecule has 4 aromatic carbocycles. The molecule has 1 aliphatic heterocycles. The van der Waals surface area contributed by atoms with Crippen LogP contribution in [0.25, 0.3) is 0 Å². The molecule has 0 radical (unpaired) electrons. The van der Waals surface area contributed by atoms with Gasteiger partial charge in [0.1, 0.15) is 30.0 Å². The van der Waals surface area contributed by atoms with Crippen molar-refractivity contribution in [1.82, 2.24) is 5.32 Å². The molecule has 0 unspecified atom stereocenters. The van der Waals surface area contributed by atoms with E-state index in [9.17, 15) is 48.5 Å². The lowest BCUT2D eigenvalue weighted by Crippen LogP contribution is -2.82. The Morgan fingerprint density at radius 2 is 1.38 bits per heavy atom. The van der Waals surface area contributed by atoms with Gasteiger partial charge >= 0.3 is 37.7 Å². The van der Waals surface area contributed by atoms with E-state index in [4.69, 9.17) is 32.9 Å². The van der Waals surface area contributed by atoms with Gasteiger partial charge in [0.25, 0.3) is 5.91 Å². The molecule has 1 heterocycles. The molecule has 8 rings (SSSR count). The zero-order valence-corrected chi connectivity index (χ0v) is 43.2. The van der Waals surface area contributed by atoms with Crippen molar-refractivity contribution < 1.29 is 91.1 Å². The summed E-state index contributed by atoms with van der Waals surface area (Å²) in [6, 6.07) is 27.4. The Hall–Kier alpha value is -6.90. The van der Waals surface area contributed by atoms with Gasteiger partial charge in [-0.15, -0.1) is 0 Å². The Labute approximate surface area is 436 Å². The highest BCUT2D eigenvalue weighted by molar-refractivity contribution is 7.46. The van der Waals surface area contributed by atoms with Gasteiger partial charge in [-0.3, -0.25) is 23.7 Å². The number of hydrogen-bond donors (Lipinski definition) is 5. The highest BCUT2D eigenvalue weighted by atomic mass is 31.2. The Balaban J connectivity index is 1.31. The first-order valence-corrected chi connectivity index (χ1v) is 25.9. The number of amides is 1. The fourth-order valence-electron chi connectivity index (χ4n) is 11.5. The van der Waals surface area contributed by atoms with E-state index >= 15 is 9.59 Å². The smallest absolute Gasteiger partial charge is 0.455 e. The normalized spacial score (nSPS) is 28.3. The van der Waals surface area contributed by atoms with Crippen molar-refractivity contribution in [1.29, 1.82) is 0 Å². The topological polar surface area (TPSA) is 294 Å². The molecule has 1 amide bonds. The molecule has 4 aliphatic rings. The van der Waals surface area contributed by atoms with Crippen LogP contribution in [0.1, 0.15) is 103 Å². The van der Waals surface area contributed by atoms with Crippen LogP contribution >= 0.6 is 7.82 Å². The van der Waals surface area contributed by atoms with E-state index in [0.29, 0.717) is 0 Å². The number of fused-ring (bicyclic) bond motifs is 5. The third-order valence-corrected chi connectivity index (χ3v) is 15.8. The van der Waals surface area contributed by atoms with Gasteiger partial charge < -0.3 is 53.7 Å². The molecule has 20 nitrogen and oxygen atoms in total. The average Bonchev–Trinajstić information content (AvgIpc) is 3.58. The molecule has 2 saturated carbocycles. The number of Topliss-reactive ketones (excluding diaryl/α,β-unsaturated/α-hetero) is 1. The molecule has 21 heteroatoms. The van der Waals surface area contributed by atoms with Gasteiger partial charge in [0.05, 0.1) is 41.8 Å². The molecule has 11 atom stereocenters. The largest absolute Gasteiger partial charge is 0.469 e. The predicted octanol–water partition coefficient (Wildman–Crippen LogP) is 5.21. The van der Waals surface area contributed by atoms with Crippen LogP contribution in [0.2, 0.25) is 0 Å². The Morgan fingerprint density at radius 1 is 0.789 bits per heavy atom. The first-order valence-electron chi connectivity index (χ1n) is 24.3. The number of esters is 5. The van der Waals surface area contributed by atoms with Gasteiger partial charge in [0, 0.05) is 37.7 Å². The summed E-state index contributed by atoms with van der Waals surface area (Å²) in [4.78, 5) is 120. The van der Waals surface area contributed by atoms with Crippen LogP contribution in [0.15, 0.2) is 126 Å². The second kappa shape index (κ2) is 21.3. The molecular weight excluding hydrogens is 1010 g/mol. The molecule has 0 spiro atoms. The zero-order chi connectivity index (χ0) is 55.1. The molecule has 3 aliphatic carbocycles. The lowest BCUT2D eigenvalue weighted by Gasteiger charge is -2.67. The van der Waals surface area contributed by atoms with Crippen LogP contribution in [0.5, 0.6) is 0 Å². The number of benzene rings is 4. The minimum absolute atomic E-state index is 0.00542. The van der Waals surface area contributed by atoms with Gasteiger partial charge in [-0.2, -0.15) is 0 Å². The SMILES string of the molecule is CC(=O)O[C@H]1C(=O)[C@@]2(C)[C@H]([C@H](OC(=O)c3ccccc3)[C@]3(O)C[C@H](OC(=O)[C@H](OC(=O)c4ccccc4COP(=O)(O)O)[C@@H](NC(=O)c4ccccc4)c4ccccc4)C(C)=C1C3(C)C)[C@]1(OC(C)=O)CO[C@@H]1C[C@@H]2O. The van der Waals surface area contributed by atoms with Crippen LogP contribution < -0.4 is 5.32 Å². The van der Waals surface area contributed by atoms with Gasteiger partial charge in [0.2, 0.25) is 6.10 Å². The third-order valence-electron chi connectivity index (χ3n) is 15.3. The summed E-state index contributed by atoms with van der Waals surface area (Å²) in [5.41, 5.74) is -8.41. The summed E-state index contributed by atoms with van der Waals surface area (Å²) in [5.74, 6) is -8.71. The molecular formula is C55H58NO19P. The standard InChI is InChI=1S/C55H58NO19P/c1-30-38(72-51(64)44(73-50(63)37-25-17-16-24-36(37)28-70-76(66,67)68)42(33-18-10-7-11-19-33)56-48(61)34-20-12-8-13-21-34)27-55(65)47(74-49(62)35-22-14-9-15-23-35)45-53(6,39(59)26-40-54(45,29-69-40)75-32(3)58)46(60)43(71-31(2)57)41(30)52(55,4)5/h7-25,38-40,42-45,47,59,65H,26-29H2,1-6H3,(H,56,61)(H2,66,67,68)/t38-,39-,40+,42-,43+,44+,45-,47-,53+,54-,55+/m0/s1. The van der Waals surface area contributed by atoms with E-state index in [1.807, 2.05) is 0 Å². The maximum atomic E-state index is 15.8. The number of hydrogen-bond acceptors (Lipinski definition) is 17. The summed E-state index contributed by atoms with van der Waals surface area (Å²) >= 11 is 0. The predicted molar refractivity (Wildman–Crippen MR) is 264 cm³/mol. The van der Waals surface area contributed by atoms with Gasteiger partial charge in [-0.05, 0) is 66.5 Å². The van der Waals surface area contributed by atoms with Crippen LogP contribution in [0.3, 0.4) is 0 Å². The minimum atomic E-state index is -5.07. The van der Waals surface area contributed by atoms with E-state index in [-0.39, 0.29) is 52.0 Å². The highest BCUT2D eigenvalue weighted by Crippen LogP contribution is 2.64. The Kier molecular flexibility index (Phi) is 15.5. The number of ether oxygens (including phenoxy) is 6. The first kappa shape index (κ1) is 55.3. The van der Waals surface area contributed by atoms with Crippen LogP contribution in [0.4, 0.5) is 0 Å². The number of phosphoric ester groups is 1. The number of ketones is 1. The minimum Gasteiger partial charge on any atom is -0.455 e. The summed E-state index contributed by atoms with van der Waals surface area (Å²) in [5, 5.41) is 29.0. The molecule has 5 N–H and O–H groups in total. The maximum absolute atomic E-state index is 15.8. The molecule has 76 heavy (non-hydrogen) atoms. The summed E-state index contributed by atoms with van der Waals surface area (Å²) in [7, 11) is -5.07. The second-order valence-corrected chi connectivity index (χ2v) is 21.4. The van der Waals surface area contributed by atoms with Crippen molar-refractivity contribution in [2.45, 2.75) is 115 Å². The Bertz CT molecular complexity index is 3000. The molecule has 0 aromatic heterocycles. The number of aliphatic hydroxyl groups excluding tert-OH is 1. The van der Waals surface area contributed by atoms with Crippen LogP contribution in [0, 0.1) is 16.7 Å². The van der Waals surface area contributed by atoms with E-state index in [1.165, 1.54) is 88.4 Å². The lowest BCUT2D eigenvalue weighted by atomic mass is 9.44. The van der Waals surface area contributed by atoms with Gasteiger partial charge in [-0.25, -0.2) is 18.9 Å². The Morgan fingerprint density at radius 3 is 1.96 bits per heavy atom. The number of nitrogens with one attached hydrogen (secondary N) is 1. The first-order chi connectivity index (χ1) is 35.8. The van der Waals surface area contributed by atoms with E-state index in [1.54, 1.807) is 54.6 Å². The summed E-state index contributed by atoms with van der Waals surface area (Å²) in [6.45, 7) is 6.84. The van der Waals surface area contributed by atoms with Crippen molar-refractivity contribution >= 4 is 49.4 Å². The number of rotatable bonds is 15. The fraction of sp³-hybridized carbons (Fsp3) is 0.400. The third kappa shape index (κ3) is 10.3. The van der Waals surface area contributed by atoms with Crippen molar-refractivity contribution in [3.63, 3.8) is 0 Å². The summed E-state index contributed by atoms with van der Waals surface area (Å²) in [6.07, 6.45) is -11.4. The molecule has 4 aromatic rings. The maximum Gasteiger partial charge on any atom is 0.469 e. The van der Waals surface area contributed by atoms with Crippen LogP contribution in [-0.2, 0) is 63.3 Å². The van der Waals surface area contributed by atoms with Crippen LogP contribution in [-0.4, -0.2) is 116 Å². The van der Waals surface area contributed by atoms with E-state index in [0.717, 1.165) is 13.8 Å². The number of carbonyl (C=O) groups excluding carboxylic acids is 7. The van der Waals surface area contributed by atoms with Gasteiger partial charge in [0.15, 0.2) is 17.5 Å². The summed E-state index contributed by atoms with van der Waals surface area (Å²) < 4.78 is 53.3. The molecule has 2 bridgehead atoms. The van der Waals surface area contributed by atoms with Crippen molar-refractivity contribution in [3.8, 4) is 0 Å².